The maximum Gasteiger partial charge on any atom is 0.320 e. The van der Waals surface area contributed by atoms with Crippen molar-refractivity contribution in [2.75, 3.05) is 19.8 Å². The standard InChI is InChI=1S/C13H21NO5/c1-2-19-12(18)13(6-4-3-5-10(13)16)9-11(17)14-7-8-15/h15H,2-9H2,1H3,(H,14,17). The number of ketones is 1. The van der Waals surface area contributed by atoms with Crippen molar-refractivity contribution in [3.05, 3.63) is 0 Å². The van der Waals surface area contributed by atoms with E-state index in [1.165, 1.54) is 0 Å². The van der Waals surface area contributed by atoms with E-state index in [0.717, 1.165) is 12.8 Å². The van der Waals surface area contributed by atoms with Crippen molar-refractivity contribution >= 4 is 17.7 Å². The van der Waals surface area contributed by atoms with Crippen molar-refractivity contribution in [3.8, 4) is 0 Å². The number of esters is 1. The summed E-state index contributed by atoms with van der Waals surface area (Å²) in [6, 6.07) is 0. The minimum absolute atomic E-state index is 0.117. The Labute approximate surface area is 112 Å². The van der Waals surface area contributed by atoms with Crippen molar-refractivity contribution in [2.45, 2.75) is 39.0 Å². The van der Waals surface area contributed by atoms with E-state index in [2.05, 4.69) is 5.32 Å². The molecule has 1 atom stereocenters. The van der Waals surface area contributed by atoms with Crippen molar-refractivity contribution in [2.24, 2.45) is 5.41 Å². The second-order valence-electron chi connectivity index (χ2n) is 4.68. The van der Waals surface area contributed by atoms with Gasteiger partial charge in [0.25, 0.3) is 0 Å². The highest BCUT2D eigenvalue weighted by atomic mass is 16.5. The van der Waals surface area contributed by atoms with E-state index in [1.54, 1.807) is 6.92 Å². The lowest BCUT2D eigenvalue weighted by atomic mass is 9.70. The van der Waals surface area contributed by atoms with Gasteiger partial charge in [-0.1, -0.05) is 6.42 Å². The molecule has 0 aromatic rings. The van der Waals surface area contributed by atoms with Gasteiger partial charge in [0, 0.05) is 19.4 Å². The van der Waals surface area contributed by atoms with Crippen LogP contribution in [0, 0.1) is 5.41 Å². The van der Waals surface area contributed by atoms with Crippen LogP contribution in [0.3, 0.4) is 0 Å². The second kappa shape index (κ2) is 7.23. The summed E-state index contributed by atoms with van der Waals surface area (Å²) < 4.78 is 4.97. The van der Waals surface area contributed by atoms with E-state index in [1.807, 2.05) is 0 Å². The van der Waals surface area contributed by atoms with Crippen LogP contribution in [-0.4, -0.2) is 42.5 Å². The summed E-state index contributed by atoms with van der Waals surface area (Å²) in [5.41, 5.74) is -1.33. The van der Waals surface area contributed by atoms with Crippen LogP contribution >= 0.6 is 0 Å². The Morgan fingerprint density at radius 3 is 2.74 bits per heavy atom. The first kappa shape index (κ1) is 15.6. The fourth-order valence-corrected chi connectivity index (χ4v) is 2.37. The fourth-order valence-electron chi connectivity index (χ4n) is 2.37. The first-order valence-corrected chi connectivity index (χ1v) is 6.65. The van der Waals surface area contributed by atoms with Gasteiger partial charge in [-0.25, -0.2) is 0 Å². The SMILES string of the molecule is CCOC(=O)C1(CC(=O)NCCO)CCCCC1=O. The van der Waals surface area contributed by atoms with Crippen molar-refractivity contribution in [1.82, 2.24) is 5.32 Å². The molecule has 1 fully saturated rings. The fraction of sp³-hybridized carbons (Fsp3) is 0.769. The smallest absolute Gasteiger partial charge is 0.320 e. The number of Topliss-reactive ketones (excluding diaryl/α,β-unsaturated/α-hetero) is 1. The number of carbonyl (C=O) groups excluding carboxylic acids is 3. The Hall–Kier alpha value is -1.43. The quantitative estimate of drug-likeness (QED) is 0.531. The zero-order valence-electron chi connectivity index (χ0n) is 11.2. The van der Waals surface area contributed by atoms with Gasteiger partial charge in [-0.05, 0) is 19.8 Å². The average molecular weight is 271 g/mol. The zero-order valence-corrected chi connectivity index (χ0v) is 11.2. The van der Waals surface area contributed by atoms with Gasteiger partial charge in [0.1, 0.15) is 5.41 Å². The average Bonchev–Trinajstić information content (AvgIpc) is 2.39. The number of hydrogen-bond donors (Lipinski definition) is 2. The number of nitrogens with one attached hydrogen (secondary N) is 1. The maximum absolute atomic E-state index is 12.1. The molecule has 0 heterocycles. The van der Waals surface area contributed by atoms with Crippen LogP contribution in [0.15, 0.2) is 0 Å². The number of aliphatic hydroxyl groups excluding tert-OH is 1. The van der Waals surface area contributed by atoms with Gasteiger partial charge < -0.3 is 15.2 Å². The highest BCUT2D eigenvalue weighted by Crippen LogP contribution is 2.37. The lowest BCUT2D eigenvalue weighted by Gasteiger charge is -2.32. The van der Waals surface area contributed by atoms with Gasteiger partial charge in [-0.15, -0.1) is 0 Å². The molecule has 1 unspecified atom stereocenters. The Balaban J connectivity index is 2.82. The minimum atomic E-state index is -1.33. The van der Waals surface area contributed by atoms with Crippen molar-refractivity contribution in [3.63, 3.8) is 0 Å². The lowest BCUT2D eigenvalue weighted by molar-refractivity contribution is -0.164. The van der Waals surface area contributed by atoms with Gasteiger partial charge in [0.05, 0.1) is 13.2 Å². The van der Waals surface area contributed by atoms with Crippen LogP contribution in [0.25, 0.3) is 0 Å². The molecule has 1 saturated carbocycles. The second-order valence-corrected chi connectivity index (χ2v) is 4.68. The molecular formula is C13H21NO5. The molecule has 19 heavy (non-hydrogen) atoms. The number of ether oxygens (including phenoxy) is 1. The summed E-state index contributed by atoms with van der Waals surface area (Å²) in [6.07, 6.45) is 1.96. The molecule has 0 radical (unpaired) electrons. The van der Waals surface area contributed by atoms with Gasteiger partial charge in [-0.2, -0.15) is 0 Å². The summed E-state index contributed by atoms with van der Waals surface area (Å²) in [7, 11) is 0. The number of aliphatic hydroxyl groups is 1. The van der Waals surface area contributed by atoms with E-state index in [9.17, 15) is 14.4 Å². The van der Waals surface area contributed by atoms with E-state index in [4.69, 9.17) is 9.84 Å². The van der Waals surface area contributed by atoms with Crippen LogP contribution in [-0.2, 0) is 19.1 Å². The first-order valence-electron chi connectivity index (χ1n) is 6.65. The van der Waals surface area contributed by atoms with Crippen molar-refractivity contribution < 1.29 is 24.2 Å². The van der Waals surface area contributed by atoms with Gasteiger partial charge >= 0.3 is 5.97 Å². The summed E-state index contributed by atoms with van der Waals surface area (Å²) in [4.78, 5) is 35.9. The normalized spacial score (nSPS) is 22.9. The number of hydrogen-bond acceptors (Lipinski definition) is 5. The predicted molar refractivity (Wildman–Crippen MR) is 67.3 cm³/mol. The Bertz CT molecular complexity index is 355. The molecule has 0 saturated heterocycles. The Morgan fingerprint density at radius 2 is 2.16 bits per heavy atom. The van der Waals surface area contributed by atoms with Gasteiger partial charge in [0.2, 0.25) is 5.91 Å². The van der Waals surface area contributed by atoms with Crippen LogP contribution < -0.4 is 5.32 Å². The molecular weight excluding hydrogens is 250 g/mol. The predicted octanol–water partition coefficient (Wildman–Crippen LogP) is 0.178. The molecule has 0 aromatic heterocycles. The Morgan fingerprint density at radius 1 is 1.42 bits per heavy atom. The first-order chi connectivity index (χ1) is 9.06. The molecule has 1 rings (SSSR count). The molecule has 6 heteroatoms. The molecule has 1 aliphatic carbocycles. The van der Waals surface area contributed by atoms with Crippen LogP contribution in [0.1, 0.15) is 39.0 Å². The molecule has 0 aromatic carbocycles. The molecule has 2 N–H and O–H groups in total. The zero-order chi connectivity index (χ0) is 14.3. The third kappa shape index (κ3) is 3.76. The van der Waals surface area contributed by atoms with Gasteiger partial charge in [0.15, 0.2) is 5.78 Å². The highest BCUT2D eigenvalue weighted by molar-refractivity contribution is 6.07. The summed E-state index contributed by atoms with van der Waals surface area (Å²) >= 11 is 0. The summed E-state index contributed by atoms with van der Waals surface area (Å²) in [5.74, 6) is -1.22. The maximum atomic E-state index is 12.1. The summed E-state index contributed by atoms with van der Waals surface area (Å²) in [5, 5.41) is 11.1. The van der Waals surface area contributed by atoms with E-state index in [0.29, 0.717) is 12.8 Å². The van der Waals surface area contributed by atoms with Crippen LogP contribution in [0.2, 0.25) is 0 Å². The summed E-state index contributed by atoms with van der Waals surface area (Å²) in [6.45, 7) is 1.80. The Kier molecular flexibility index (Phi) is 5.95. The van der Waals surface area contributed by atoms with Gasteiger partial charge in [-0.3, -0.25) is 14.4 Å². The molecule has 0 spiro atoms. The molecule has 1 aliphatic rings. The largest absolute Gasteiger partial charge is 0.465 e. The topological polar surface area (TPSA) is 92.7 Å². The monoisotopic (exact) mass is 271 g/mol. The molecule has 6 nitrogen and oxygen atoms in total. The van der Waals surface area contributed by atoms with E-state index < -0.39 is 17.3 Å². The molecule has 0 aliphatic heterocycles. The molecule has 108 valence electrons. The minimum Gasteiger partial charge on any atom is -0.465 e. The number of amides is 1. The molecule has 1 amide bonds. The lowest BCUT2D eigenvalue weighted by Crippen LogP contribution is -2.46. The van der Waals surface area contributed by atoms with Crippen LogP contribution in [0.5, 0.6) is 0 Å². The highest BCUT2D eigenvalue weighted by Gasteiger charge is 2.49. The van der Waals surface area contributed by atoms with E-state index in [-0.39, 0.29) is 32.0 Å². The molecule has 0 bridgehead atoms. The van der Waals surface area contributed by atoms with Crippen LogP contribution in [0.4, 0.5) is 0 Å². The third-order valence-electron chi connectivity index (χ3n) is 3.35. The number of rotatable bonds is 6. The third-order valence-corrected chi connectivity index (χ3v) is 3.35. The number of carbonyl (C=O) groups is 3. The van der Waals surface area contributed by atoms with E-state index >= 15 is 0 Å². The van der Waals surface area contributed by atoms with Crippen molar-refractivity contribution in [1.29, 1.82) is 0 Å².